The zero-order valence-corrected chi connectivity index (χ0v) is 16.4. The molecule has 0 radical (unpaired) electrons. The number of fused-ring (bicyclic) bond motifs is 1. The fourth-order valence-electron chi connectivity index (χ4n) is 2.70. The van der Waals surface area contributed by atoms with Crippen LogP contribution in [0.1, 0.15) is 32.8 Å². The van der Waals surface area contributed by atoms with Gasteiger partial charge in [-0.25, -0.2) is 0 Å². The highest BCUT2D eigenvalue weighted by atomic mass is 32.2. The molecule has 0 spiro atoms. The fourth-order valence-corrected chi connectivity index (χ4v) is 3.56. The van der Waals surface area contributed by atoms with Gasteiger partial charge in [-0.1, -0.05) is 26.8 Å². The summed E-state index contributed by atoms with van der Waals surface area (Å²) in [7, 11) is 0. The largest absolute Gasteiger partial charge is 0.454 e. The fraction of sp³-hybridized carbons (Fsp3) is 0.421. The van der Waals surface area contributed by atoms with Crippen molar-refractivity contribution in [3.8, 4) is 11.5 Å². The third-order valence-electron chi connectivity index (χ3n) is 3.92. The summed E-state index contributed by atoms with van der Waals surface area (Å²) < 4.78 is 10.6. The Morgan fingerprint density at radius 2 is 2.00 bits per heavy atom. The number of ether oxygens (including phenoxy) is 2. The quantitative estimate of drug-likeness (QED) is 0.778. The molecule has 7 nitrogen and oxygen atoms in total. The van der Waals surface area contributed by atoms with Gasteiger partial charge in [-0.15, -0.1) is 0 Å². The van der Waals surface area contributed by atoms with Gasteiger partial charge in [-0.05, 0) is 40.9 Å². The number of rotatable bonds is 5. The van der Waals surface area contributed by atoms with Crippen molar-refractivity contribution in [2.24, 2.45) is 5.41 Å². The number of carbonyl (C=O) groups excluding carboxylic acids is 3. The molecule has 3 rings (SSSR count). The molecule has 2 aliphatic rings. The second kappa shape index (κ2) is 7.64. The third-order valence-corrected chi connectivity index (χ3v) is 4.82. The summed E-state index contributed by atoms with van der Waals surface area (Å²) in [5, 5.41) is 2.42. The summed E-state index contributed by atoms with van der Waals surface area (Å²) in [5.74, 6) is 0.828. The Balaban J connectivity index is 1.59. The molecule has 1 aromatic rings. The van der Waals surface area contributed by atoms with E-state index < -0.39 is 0 Å². The molecule has 0 aliphatic carbocycles. The zero-order valence-electron chi connectivity index (χ0n) is 15.5. The van der Waals surface area contributed by atoms with E-state index in [1.54, 1.807) is 24.3 Å². The number of thioether (sulfide) groups is 1. The lowest BCUT2D eigenvalue weighted by Gasteiger charge is -2.18. The van der Waals surface area contributed by atoms with Crippen LogP contribution in [0.2, 0.25) is 0 Å². The van der Waals surface area contributed by atoms with E-state index in [1.165, 1.54) is 0 Å². The minimum absolute atomic E-state index is 0.0922. The molecule has 1 aromatic carbocycles. The van der Waals surface area contributed by atoms with Gasteiger partial charge in [0.15, 0.2) is 11.5 Å². The highest BCUT2D eigenvalue weighted by molar-refractivity contribution is 8.18. The van der Waals surface area contributed by atoms with Crippen LogP contribution in [0.5, 0.6) is 11.5 Å². The first kappa shape index (κ1) is 19.3. The van der Waals surface area contributed by atoms with Crippen LogP contribution in [-0.4, -0.2) is 41.8 Å². The van der Waals surface area contributed by atoms with E-state index in [0.29, 0.717) is 22.8 Å². The van der Waals surface area contributed by atoms with E-state index >= 15 is 0 Å². The standard InChI is InChI=1S/C19H22N2O5S/c1-19(2,3)10-16(22)20-6-7-21-17(23)15(27-18(21)24)9-12-4-5-13-14(8-12)26-11-25-13/h4-5,8-9H,6-7,10-11H2,1-3H3,(H,20,22)/b15-9+. The summed E-state index contributed by atoms with van der Waals surface area (Å²) >= 11 is 0.893. The van der Waals surface area contributed by atoms with Gasteiger partial charge in [0, 0.05) is 19.5 Å². The molecule has 0 saturated carbocycles. The smallest absolute Gasteiger partial charge is 0.293 e. The van der Waals surface area contributed by atoms with Crippen LogP contribution < -0.4 is 14.8 Å². The van der Waals surface area contributed by atoms with E-state index in [2.05, 4.69) is 5.32 Å². The molecule has 0 atom stereocenters. The maximum absolute atomic E-state index is 12.5. The predicted molar refractivity (Wildman–Crippen MR) is 102 cm³/mol. The van der Waals surface area contributed by atoms with Crippen LogP contribution in [0.25, 0.3) is 6.08 Å². The van der Waals surface area contributed by atoms with Crippen LogP contribution in [0.3, 0.4) is 0 Å². The highest BCUT2D eigenvalue weighted by Gasteiger charge is 2.34. The maximum Gasteiger partial charge on any atom is 0.293 e. The molecular weight excluding hydrogens is 368 g/mol. The Morgan fingerprint density at radius 3 is 2.74 bits per heavy atom. The zero-order chi connectivity index (χ0) is 19.6. The lowest BCUT2D eigenvalue weighted by Crippen LogP contribution is -2.38. The number of nitrogens with zero attached hydrogens (tertiary/aromatic N) is 1. The van der Waals surface area contributed by atoms with Gasteiger partial charge in [0.25, 0.3) is 11.1 Å². The first-order chi connectivity index (χ1) is 12.7. The van der Waals surface area contributed by atoms with Crippen LogP contribution in [0, 0.1) is 5.41 Å². The summed E-state index contributed by atoms with van der Waals surface area (Å²) in [4.78, 5) is 38.0. The number of hydrogen-bond acceptors (Lipinski definition) is 6. The number of amides is 3. The second-order valence-corrected chi connectivity index (χ2v) is 8.53. The van der Waals surface area contributed by atoms with Crippen molar-refractivity contribution in [1.82, 2.24) is 10.2 Å². The van der Waals surface area contributed by atoms with Crippen molar-refractivity contribution in [3.63, 3.8) is 0 Å². The lowest BCUT2D eigenvalue weighted by molar-refractivity contribution is -0.125. The van der Waals surface area contributed by atoms with Gasteiger partial charge in [0.2, 0.25) is 12.7 Å². The van der Waals surface area contributed by atoms with Gasteiger partial charge in [-0.2, -0.15) is 0 Å². The number of imide groups is 1. The van der Waals surface area contributed by atoms with E-state index in [1.807, 2.05) is 20.8 Å². The monoisotopic (exact) mass is 390 g/mol. The summed E-state index contributed by atoms with van der Waals surface area (Å²) in [5.41, 5.74) is 0.642. The normalized spacial score (nSPS) is 17.7. The van der Waals surface area contributed by atoms with Crippen molar-refractivity contribution in [3.05, 3.63) is 28.7 Å². The molecule has 3 amide bonds. The van der Waals surface area contributed by atoms with Gasteiger partial charge < -0.3 is 14.8 Å². The average molecular weight is 390 g/mol. The summed E-state index contributed by atoms with van der Waals surface area (Å²) in [6.45, 7) is 6.50. The Labute approximate surface area is 162 Å². The topological polar surface area (TPSA) is 84.9 Å². The molecule has 2 aliphatic heterocycles. The average Bonchev–Trinajstić information content (AvgIpc) is 3.12. The molecule has 1 saturated heterocycles. The van der Waals surface area contributed by atoms with Crippen LogP contribution >= 0.6 is 11.8 Å². The van der Waals surface area contributed by atoms with Crippen LogP contribution in [0.15, 0.2) is 23.1 Å². The highest BCUT2D eigenvalue weighted by Crippen LogP contribution is 2.36. The van der Waals surface area contributed by atoms with Crippen molar-refractivity contribution < 1.29 is 23.9 Å². The molecule has 1 N–H and O–H groups in total. The predicted octanol–water partition coefficient (Wildman–Crippen LogP) is 3.00. The first-order valence-corrected chi connectivity index (χ1v) is 9.46. The van der Waals surface area contributed by atoms with Crippen molar-refractivity contribution in [1.29, 1.82) is 0 Å². The van der Waals surface area contributed by atoms with Crippen molar-refractivity contribution >= 4 is 34.9 Å². The van der Waals surface area contributed by atoms with Gasteiger partial charge in [0.05, 0.1) is 4.91 Å². The SMILES string of the molecule is CC(C)(C)CC(=O)NCCN1C(=O)S/C(=C/c2ccc3c(c2)OCO3)C1=O. The minimum atomic E-state index is -0.354. The molecule has 8 heteroatoms. The minimum Gasteiger partial charge on any atom is -0.454 e. The number of hydrogen-bond donors (Lipinski definition) is 1. The van der Waals surface area contributed by atoms with E-state index in [9.17, 15) is 14.4 Å². The van der Waals surface area contributed by atoms with Gasteiger partial charge in [0.1, 0.15) is 0 Å². The first-order valence-electron chi connectivity index (χ1n) is 8.65. The second-order valence-electron chi connectivity index (χ2n) is 7.53. The van der Waals surface area contributed by atoms with Crippen LogP contribution in [0.4, 0.5) is 4.79 Å². The Morgan fingerprint density at radius 1 is 1.26 bits per heavy atom. The Kier molecular flexibility index (Phi) is 5.46. The molecule has 0 aromatic heterocycles. The maximum atomic E-state index is 12.5. The van der Waals surface area contributed by atoms with E-state index in [-0.39, 0.29) is 42.4 Å². The molecule has 0 bridgehead atoms. The molecule has 27 heavy (non-hydrogen) atoms. The Hall–Kier alpha value is -2.48. The van der Waals surface area contributed by atoms with Crippen molar-refractivity contribution in [2.75, 3.05) is 19.9 Å². The van der Waals surface area contributed by atoms with Crippen LogP contribution in [-0.2, 0) is 9.59 Å². The third kappa shape index (κ3) is 4.82. The van der Waals surface area contributed by atoms with Gasteiger partial charge in [-0.3, -0.25) is 19.3 Å². The molecule has 2 heterocycles. The Bertz CT molecular complexity index is 813. The van der Waals surface area contributed by atoms with Gasteiger partial charge >= 0.3 is 0 Å². The molecular formula is C19H22N2O5S. The summed E-state index contributed by atoms with van der Waals surface area (Å²) in [6.07, 6.45) is 2.05. The van der Waals surface area contributed by atoms with E-state index in [0.717, 1.165) is 22.2 Å². The number of carbonyl (C=O) groups is 3. The number of benzene rings is 1. The summed E-state index contributed by atoms with van der Waals surface area (Å²) in [6, 6.07) is 5.33. The molecule has 1 fully saturated rings. The molecule has 144 valence electrons. The lowest BCUT2D eigenvalue weighted by atomic mass is 9.92. The van der Waals surface area contributed by atoms with E-state index in [4.69, 9.17) is 9.47 Å². The number of nitrogens with one attached hydrogen (secondary N) is 1. The van der Waals surface area contributed by atoms with Crippen molar-refractivity contribution in [2.45, 2.75) is 27.2 Å². The molecule has 0 unspecified atom stereocenters.